The molecule has 0 unspecified atom stereocenters. The van der Waals surface area contributed by atoms with Crippen molar-refractivity contribution >= 4 is 12.1 Å². The summed E-state index contributed by atoms with van der Waals surface area (Å²) in [6.45, 7) is 5.35. The van der Waals surface area contributed by atoms with Crippen molar-refractivity contribution in [3.8, 4) is 0 Å². The minimum atomic E-state index is -0.927. The Kier molecular flexibility index (Phi) is 3.86. The van der Waals surface area contributed by atoms with E-state index in [0.29, 0.717) is 11.8 Å². The third-order valence-corrected chi connectivity index (χ3v) is 5.62. The van der Waals surface area contributed by atoms with Gasteiger partial charge in [-0.1, -0.05) is 0 Å². The fourth-order valence-corrected chi connectivity index (χ4v) is 5.27. The molecular weight excluding hydrogens is 282 g/mol. The van der Waals surface area contributed by atoms with Gasteiger partial charge in [0.15, 0.2) is 0 Å². The Morgan fingerprint density at radius 1 is 1.05 bits per heavy atom. The Morgan fingerprint density at radius 3 is 1.95 bits per heavy atom. The minimum absolute atomic E-state index is 0.0674. The molecule has 0 aromatic rings. The highest BCUT2D eigenvalue weighted by Crippen LogP contribution is 2.57. The Labute approximate surface area is 131 Å². The molecule has 4 bridgehead atoms. The number of carboxylic acid groups (broad SMARTS) is 1. The Balaban J connectivity index is 1.72. The first-order chi connectivity index (χ1) is 10.2. The first-order valence-electron chi connectivity index (χ1n) is 8.45. The lowest BCUT2D eigenvalue weighted by Gasteiger charge is -2.55. The van der Waals surface area contributed by atoms with Crippen LogP contribution in [0.4, 0.5) is 4.79 Å². The van der Waals surface area contributed by atoms with Gasteiger partial charge in [-0.2, -0.15) is 0 Å². The number of carbonyl (C=O) groups excluding carboxylic acids is 1. The van der Waals surface area contributed by atoms with Gasteiger partial charge in [0.05, 0.1) is 0 Å². The number of carbonyl (C=O) groups is 2. The van der Waals surface area contributed by atoms with E-state index in [9.17, 15) is 14.7 Å². The average molecular weight is 309 g/mol. The molecule has 0 saturated heterocycles. The third kappa shape index (κ3) is 3.08. The van der Waals surface area contributed by atoms with Crippen LogP contribution in [0.1, 0.15) is 52.9 Å². The molecule has 4 saturated carbocycles. The summed E-state index contributed by atoms with van der Waals surface area (Å²) in [5.74, 6) is 1.62. The van der Waals surface area contributed by atoms with Gasteiger partial charge in [-0.15, -0.1) is 0 Å². The van der Waals surface area contributed by atoms with E-state index in [1.165, 1.54) is 6.42 Å². The molecule has 0 heterocycles. The van der Waals surface area contributed by atoms with Crippen LogP contribution in [-0.2, 0) is 9.53 Å². The topological polar surface area (TPSA) is 75.6 Å². The molecule has 0 aromatic carbocycles. The van der Waals surface area contributed by atoms with E-state index in [1.54, 1.807) is 20.8 Å². The second-order valence-electron chi connectivity index (χ2n) is 8.47. The monoisotopic (exact) mass is 309 g/mol. The van der Waals surface area contributed by atoms with E-state index in [1.807, 2.05) is 0 Å². The molecule has 4 rings (SSSR count). The van der Waals surface area contributed by atoms with Crippen LogP contribution in [0.3, 0.4) is 0 Å². The van der Waals surface area contributed by atoms with E-state index in [2.05, 4.69) is 5.32 Å². The molecule has 4 aliphatic carbocycles. The number of ether oxygens (including phenoxy) is 1. The van der Waals surface area contributed by atoms with Crippen molar-refractivity contribution in [1.29, 1.82) is 0 Å². The largest absolute Gasteiger partial charge is 0.480 e. The van der Waals surface area contributed by atoms with Crippen LogP contribution in [0.5, 0.6) is 0 Å². The van der Waals surface area contributed by atoms with Crippen LogP contribution >= 0.6 is 0 Å². The lowest BCUT2D eigenvalue weighted by molar-refractivity contribution is -0.146. The van der Waals surface area contributed by atoms with Gasteiger partial charge in [0.25, 0.3) is 0 Å². The Bertz CT molecular complexity index is 440. The second kappa shape index (κ2) is 5.43. The lowest BCUT2D eigenvalue weighted by atomic mass is 9.50. The first kappa shape index (κ1) is 15.6. The van der Waals surface area contributed by atoms with E-state index in [4.69, 9.17) is 4.74 Å². The number of alkyl carbamates (subject to hydrolysis) is 1. The quantitative estimate of drug-likeness (QED) is 0.840. The summed E-state index contributed by atoms with van der Waals surface area (Å²) in [6.07, 6.45) is 5.26. The zero-order valence-electron chi connectivity index (χ0n) is 13.7. The highest BCUT2D eigenvalue weighted by Gasteiger charge is 2.52. The number of nitrogens with one attached hydrogen (secondary N) is 1. The van der Waals surface area contributed by atoms with Gasteiger partial charge < -0.3 is 15.2 Å². The van der Waals surface area contributed by atoms with Crippen LogP contribution in [0.15, 0.2) is 0 Å². The molecule has 0 aromatic heterocycles. The SMILES string of the molecule is CC(C)(C)OC(=O)N[C@H](C(=O)O)C1C2CC3CC(C2)CC1C3. The van der Waals surface area contributed by atoms with Crippen molar-refractivity contribution in [3.05, 3.63) is 0 Å². The van der Waals surface area contributed by atoms with Gasteiger partial charge in [0.2, 0.25) is 0 Å². The van der Waals surface area contributed by atoms with Crippen LogP contribution < -0.4 is 5.32 Å². The van der Waals surface area contributed by atoms with Crippen molar-refractivity contribution in [2.24, 2.45) is 29.6 Å². The summed E-state index contributed by atoms with van der Waals surface area (Å²) in [4.78, 5) is 23.8. The molecule has 1 amide bonds. The van der Waals surface area contributed by atoms with Gasteiger partial charge in [-0.05, 0) is 82.5 Å². The number of carboxylic acids is 1. The molecule has 2 N–H and O–H groups in total. The number of hydrogen-bond donors (Lipinski definition) is 2. The summed E-state index contributed by atoms with van der Waals surface area (Å²) in [5.41, 5.74) is -0.614. The van der Waals surface area contributed by atoms with Crippen molar-refractivity contribution in [1.82, 2.24) is 5.32 Å². The Hall–Kier alpha value is -1.26. The average Bonchev–Trinajstić information content (AvgIpc) is 2.33. The van der Waals surface area contributed by atoms with Crippen LogP contribution in [0.2, 0.25) is 0 Å². The van der Waals surface area contributed by atoms with Gasteiger partial charge in [0.1, 0.15) is 11.6 Å². The fraction of sp³-hybridized carbons (Fsp3) is 0.882. The summed E-state index contributed by atoms with van der Waals surface area (Å²) in [7, 11) is 0. The predicted octanol–water partition coefficient (Wildman–Crippen LogP) is 3.04. The number of rotatable bonds is 3. The smallest absolute Gasteiger partial charge is 0.408 e. The van der Waals surface area contributed by atoms with E-state index < -0.39 is 23.7 Å². The molecule has 5 nitrogen and oxygen atoms in total. The van der Waals surface area contributed by atoms with Crippen molar-refractivity contribution in [2.75, 3.05) is 0 Å². The Morgan fingerprint density at radius 2 is 1.55 bits per heavy atom. The molecular formula is C17H27NO4. The van der Waals surface area contributed by atoms with Crippen molar-refractivity contribution in [2.45, 2.75) is 64.5 Å². The first-order valence-corrected chi connectivity index (χ1v) is 8.45. The molecule has 124 valence electrons. The van der Waals surface area contributed by atoms with Gasteiger partial charge in [-0.3, -0.25) is 0 Å². The summed E-state index contributed by atoms with van der Waals surface area (Å²) >= 11 is 0. The third-order valence-electron chi connectivity index (χ3n) is 5.62. The highest BCUT2D eigenvalue weighted by molar-refractivity contribution is 5.80. The molecule has 4 fully saturated rings. The molecule has 0 aliphatic heterocycles. The maximum atomic E-state index is 12.0. The van der Waals surface area contributed by atoms with Gasteiger partial charge >= 0.3 is 12.1 Å². The van der Waals surface area contributed by atoms with Crippen molar-refractivity contribution < 1.29 is 19.4 Å². The molecule has 4 aliphatic rings. The van der Waals surface area contributed by atoms with E-state index >= 15 is 0 Å². The fourth-order valence-electron chi connectivity index (χ4n) is 5.27. The molecule has 0 spiro atoms. The van der Waals surface area contributed by atoms with Gasteiger partial charge in [0, 0.05) is 0 Å². The zero-order valence-corrected chi connectivity index (χ0v) is 13.7. The van der Waals surface area contributed by atoms with E-state index in [0.717, 1.165) is 37.5 Å². The molecule has 22 heavy (non-hydrogen) atoms. The predicted molar refractivity (Wildman–Crippen MR) is 81.3 cm³/mol. The lowest BCUT2D eigenvalue weighted by Crippen LogP contribution is -2.57. The summed E-state index contributed by atoms with van der Waals surface area (Å²) < 4.78 is 5.25. The number of amides is 1. The molecule has 1 atom stereocenters. The zero-order chi connectivity index (χ0) is 16.1. The normalized spacial score (nSPS) is 37.7. The molecule has 5 heteroatoms. The van der Waals surface area contributed by atoms with Crippen LogP contribution in [-0.4, -0.2) is 28.8 Å². The van der Waals surface area contributed by atoms with E-state index in [-0.39, 0.29) is 5.92 Å². The number of aliphatic carboxylic acids is 1. The number of hydrogen-bond acceptors (Lipinski definition) is 3. The van der Waals surface area contributed by atoms with Crippen LogP contribution in [0, 0.1) is 29.6 Å². The van der Waals surface area contributed by atoms with Crippen LogP contribution in [0.25, 0.3) is 0 Å². The highest BCUT2D eigenvalue weighted by atomic mass is 16.6. The second-order valence-corrected chi connectivity index (χ2v) is 8.47. The van der Waals surface area contributed by atoms with Crippen molar-refractivity contribution in [3.63, 3.8) is 0 Å². The molecule has 0 radical (unpaired) electrons. The maximum absolute atomic E-state index is 12.0. The van der Waals surface area contributed by atoms with Gasteiger partial charge in [-0.25, -0.2) is 9.59 Å². The minimum Gasteiger partial charge on any atom is -0.480 e. The standard InChI is InChI=1S/C17H27NO4/c1-17(2,3)22-16(21)18-14(15(19)20)13-11-5-9-4-10(7-11)8-12(13)6-9/h9-14H,4-8H2,1-3H3,(H,18,21)(H,19,20)/t9?,10?,11?,12?,13?,14-/m0/s1. The maximum Gasteiger partial charge on any atom is 0.408 e. The summed E-state index contributed by atoms with van der Waals surface area (Å²) in [5, 5.41) is 12.3. The summed E-state index contributed by atoms with van der Waals surface area (Å²) in [6, 6.07) is -0.815.